The van der Waals surface area contributed by atoms with E-state index in [1.807, 2.05) is 19.0 Å². The molecule has 0 aromatic heterocycles. The van der Waals surface area contributed by atoms with Gasteiger partial charge in [0.25, 0.3) is 0 Å². The second-order valence-electron chi connectivity index (χ2n) is 3.10. The van der Waals surface area contributed by atoms with Gasteiger partial charge in [-0.1, -0.05) is 11.8 Å². The molecule has 0 aromatic rings. The third-order valence-corrected chi connectivity index (χ3v) is 0.790. The lowest BCUT2D eigenvalue weighted by Crippen LogP contribution is -2.17. The summed E-state index contributed by atoms with van der Waals surface area (Å²) in [6.07, 6.45) is 0. The maximum atomic E-state index is 9.14. The van der Waals surface area contributed by atoms with Gasteiger partial charge in [-0.3, -0.25) is 4.90 Å². The summed E-state index contributed by atoms with van der Waals surface area (Å²) in [6.45, 7) is 4.05. The number of hydrogen-bond donors (Lipinski definition) is 1. The van der Waals surface area contributed by atoms with Crippen LogP contribution < -0.4 is 0 Å². The van der Waals surface area contributed by atoms with Crippen LogP contribution in [0.15, 0.2) is 0 Å². The molecular formula is C8H16ClNO. The van der Waals surface area contributed by atoms with Crippen molar-refractivity contribution in [2.24, 2.45) is 0 Å². The molecule has 0 radical (unpaired) electrons. The molecule has 0 aliphatic carbocycles. The van der Waals surface area contributed by atoms with Gasteiger partial charge in [-0.15, -0.1) is 12.4 Å². The number of nitrogens with zero attached hydrogens (tertiary/aromatic N) is 1. The van der Waals surface area contributed by atoms with Gasteiger partial charge in [-0.25, -0.2) is 0 Å². The Morgan fingerprint density at radius 1 is 1.36 bits per heavy atom. The molecule has 0 heterocycles. The third kappa shape index (κ3) is 12.9. The van der Waals surface area contributed by atoms with Gasteiger partial charge < -0.3 is 5.11 Å². The van der Waals surface area contributed by atoms with Crippen LogP contribution in [0.5, 0.6) is 0 Å². The van der Waals surface area contributed by atoms with Crippen LogP contribution in [0.1, 0.15) is 13.8 Å². The fourth-order valence-electron chi connectivity index (χ4n) is 0.414. The van der Waals surface area contributed by atoms with Gasteiger partial charge in [-0.05, 0) is 27.9 Å². The van der Waals surface area contributed by atoms with E-state index in [0.29, 0.717) is 6.54 Å². The molecule has 2 nitrogen and oxygen atoms in total. The van der Waals surface area contributed by atoms with Gasteiger partial charge in [-0.2, -0.15) is 0 Å². The summed E-state index contributed by atoms with van der Waals surface area (Å²) in [5, 5.41) is 9.14. The van der Waals surface area contributed by atoms with Crippen LogP contribution in [0.2, 0.25) is 0 Å². The van der Waals surface area contributed by atoms with Gasteiger partial charge in [0.2, 0.25) is 0 Å². The lowest BCUT2D eigenvalue weighted by molar-refractivity contribution is 0.143. The zero-order chi connectivity index (χ0) is 8.20. The van der Waals surface area contributed by atoms with E-state index in [9.17, 15) is 0 Å². The summed E-state index contributed by atoms with van der Waals surface area (Å²) in [4.78, 5) is 1.96. The number of aliphatic hydroxyl groups is 1. The van der Waals surface area contributed by atoms with Crippen molar-refractivity contribution in [3.8, 4) is 11.8 Å². The zero-order valence-electron chi connectivity index (χ0n) is 7.51. The summed E-state index contributed by atoms with van der Waals surface area (Å²) >= 11 is 0. The summed E-state index contributed by atoms with van der Waals surface area (Å²) in [5.74, 6) is 5.57. The molecule has 0 aliphatic heterocycles. The summed E-state index contributed by atoms with van der Waals surface area (Å²) < 4.78 is 0. The van der Waals surface area contributed by atoms with E-state index >= 15 is 0 Å². The Morgan fingerprint density at radius 2 is 1.82 bits per heavy atom. The molecule has 0 rings (SSSR count). The molecule has 0 fully saturated rings. The molecule has 1 N–H and O–H groups in total. The van der Waals surface area contributed by atoms with Gasteiger partial charge in [0, 0.05) is 0 Å². The average Bonchev–Trinajstić information content (AvgIpc) is 1.59. The molecule has 0 aromatic carbocycles. The van der Waals surface area contributed by atoms with E-state index in [4.69, 9.17) is 5.11 Å². The predicted molar refractivity (Wildman–Crippen MR) is 49.9 cm³/mol. The highest BCUT2D eigenvalue weighted by molar-refractivity contribution is 5.85. The van der Waals surface area contributed by atoms with E-state index in [2.05, 4.69) is 11.8 Å². The molecule has 0 atom stereocenters. The summed E-state index contributed by atoms with van der Waals surface area (Å²) in [7, 11) is 3.89. The van der Waals surface area contributed by atoms with Crippen molar-refractivity contribution in [2.45, 2.75) is 19.4 Å². The van der Waals surface area contributed by atoms with Crippen LogP contribution in [0, 0.1) is 11.8 Å². The fraction of sp³-hybridized carbons (Fsp3) is 0.750. The van der Waals surface area contributed by atoms with Gasteiger partial charge in [0.05, 0.1) is 6.54 Å². The molecule has 0 unspecified atom stereocenters. The van der Waals surface area contributed by atoms with Crippen molar-refractivity contribution in [2.75, 3.05) is 20.6 Å². The first-order chi connectivity index (χ1) is 4.42. The molecule has 3 heteroatoms. The Balaban J connectivity index is 0. The first kappa shape index (κ1) is 13.4. The van der Waals surface area contributed by atoms with Gasteiger partial charge >= 0.3 is 0 Å². The molecule has 0 aliphatic rings. The maximum Gasteiger partial charge on any atom is 0.120 e. The van der Waals surface area contributed by atoms with Crippen molar-refractivity contribution < 1.29 is 5.11 Å². The summed E-state index contributed by atoms with van der Waals surface area (Å²) in [6, 6.07) is 0. The Labute approximate surface area is 75.0 Å². The van der Waals surface area contributed by atoms with E-state index in [1.165, 1.54) is 0 Å². The molecule has 0 bridgehead atoms. The van der Waals surface area contributed by atoms with E-state index in [1.54, 1.807) is 13.8 Å². The Hall–Kier alpha value is -0.230. The lowest BCUT2D eigenvalue weighted by Gasteiger charge is -2.07. The smallest absolute Gasteiger partial charge is 0.120 e. The van der Waals surface area contributed by atoms with Crippen LogP contribution in [-0.2, 0) is 0 Å². The second kappa shape index (κ2) is 5.42. The quantitative estimate of drug-likeness (QED) is 0.598. The maximum absolute atomic E-state index is 9.14. The predicted octanol–water partition coefficient (Wildman–Crippen LogP) is 0.744. The van der Waals surface area contributed by atoms with Crippen LogP contribution in [-0.4, -0.2) is 36.2 Å². The minimum atomic E-state index is -0.851. The Kier molecular flexibility index (Phi) is 6.59. The highest BCUT2D eigenvalue weighted by atomic mass is 35.5. The first-order valence-electron chi connectivity index (χ1n) is 3.29. The lowest BCUT2D eigenvalue weighted by atomic mass is 10.1. The van der Waals surface area contributed by atoms with Gasteiger partial charge in [0.1, 0.15) is 5.60 Å². The van der Waals surface area contributed by atoms with Crippen molar-refractivity contribution in [1.29, 1.82) is 0 Å². The fourth-order valence-corrected chi connectivity index (χ4v) is 0.414. The van der Waals surface area contributed by atoms with Crippen LogP contribution >= 0.6 is 12.4 Å². The molecule has 0 saturated heterocycles. The van der Waals surface area contributed by atoms with E-state index in [0.717, 1.165) is 0 Å². The highest BCUT2D eigenvalue weighted by Crippen LogP contribution is 1.95. The monoisotopic (exact) mass is 177 g/mol. The Bertz CT molecular complexity index is 150. The SMILES string of the molecule is CN(C)CC#CC(C)(C)O.Cl. The van der Waals surface area contributed by atoms with E-state index in [-0.39, 0.29) is 12.4 Å². The van der Waals surface area contributed by atoms with Crippen LogP contribution in [0.4, 0.5) is 0 Å². The minimum Gasteiger partial charge on any atom is -0.378 e. The molecule has 66 valence electrons. The average molecular weight is 178 g/mol. The second-order valence-corrected chi connectivity index (χ2v) is 3.10. The van der Waals surface area contributed by atoms with Crippen molar-refractivity contribution in [1.82, 2.24) is 4.90 Å². The first-order valence-corrected chi connectivity index (χ1v) is 3.29. The number of rotatable bonds is 1. The molecule has 0 saturated carbocycles. The largest absolute Gasteiger partial charge is 0.378 e. The standard InChI is InChI=1S/C8H15NO.ClH/c1-8(2,10)6-5-7-9(3)4;/h10H,7H2,1-4H3;1H. The number of hydrogen-bond acceptors (Lipinski definition) is 2. The summed E-state index contributed by atoms with van der Waals surface area (Å²) in [5.41, 5.74) is -0.851. The molecule has 0 spiro atoms. The number of halogens is 1. The third-order valence-electron chi connectivity index (χ3n) is 0.790. The minimum absolute atomic E-state index is 0. The zero-order valence-corrected chi connectivity index (χ0v) is 8.33. The van der Waals surface area contributed by atoms with Crippen molar-refractivity contribution in [3.05, 3.63) is 0 Å². The highest BCUT2D eigenvalue weighted by Gasteiger charge is 2.04. The molecule has 0 amide bonds. The Morgan fingerprint density at radius 3 is 2.09 bits per heavy atom. The van der Waals surface area contributed by atoms with Crippen LogP contribution in [0.3, 0.4) is 0 Å². The molecular weight excluding hydrogens is 162 g/mol. The van der Waals surface area contributed by atoms with Gasteiger partial charge in [0.15, 0.2) is 0 Å². The topological polar surface area (TPSA) is 23.5 Å². The van der Waals surface area contributed by atoms with E-state index < -0.39 is 5.60 Å². The van der Waals surface area contributed by atoms with Crippen molar-refractivity contribution >= 4 is 12.4 Å². The van der Waals surface area contributed by atoms with Crippen molar-refractivity contribution in [3.63, 3.8) is 0 Å². The normalized spacial score (nSPS) is 10.0. The van der Waals surface area contributed by atoms with Crippen LogP contribution in [0.25, 0.3) is 0 Å². The molecule has 11 heavy (non-hydrogen) atoms.